The lowest BCUT2D eigenvalue weighted by Crippen LogP contribution is -2.36. The molecule has 0 aliphatic rings. The van der Waals surface area contributed by atoms with E-state index in [2.05, 4.69) is 16.1 Å². The van der Waals surface area contributed by atoms with Gasteiger partial charge < -0.3 is 10.2 Å². The molecule has 0 saturated heterocycles. The first kappa shape index (κ1) is 19.4. The lowest BCUT2D eigenvalue weighted by Gasteiger charge is -2.18. The molecule has 2 N–H and O–H groups in total. The molecule has 0 radical (unpaired) electrons. The fourth-order valence-electron chi connectivity index (χ4n) is 2.34. The summed E-state index contributed by atoms with van der Waals surface area (Å²) >= 11 is 0. The second-order valence-corrected chi connectivity index (χ2v) is 7.57. The largest absolute Gasteiger partial charge is 0.334 e. The Hall–Kier alpha value is -2.89. The molecule has 0 unspecified atom stereocenters. The molecular formula is C18H20N4O3S. The van der Waals surface area contributed by atoms with Crippen LogP contribution in [0.1, 0.15) is 16.7 Å². The minimum atomic E-state index is -3.52. The van der Waals surface area contributed by atoms with E-state index in [1.807, 2.05) is 6.07 Å². The van der Waals surface area contributed by atoms with Crippen molar-refractivity contribution in [2.24, 2.45) is 0 Å². The molecular weight excluding hydrogens is 352 g/mol. The first-order chi connectivity index (χ1) is 12.4. The highest BCUT2D eigenvalue weighted by Crippen LogP contribution is 2.11. The van der Waals surface area contributed by atoms with Gasteiger partial charge in [-0.25, -0.2) is 17.9 Å². The van der Waals surface area contributed by atoms with Crippen molar-refractivity contribution < 1.29 is 13.2 Å². The normalized spacial score (nSPS) is 10.8. The fraction of sp³-hybridized carbons (Fsp3) is 0.222. The van der Waals surface area contributed by atoms with E-state index in [1.54, 1.807) is 37.4 Å². The first-order valence-corrected chi connectivity index (χ1v) is 9.34. The topological polar surface area (TPSA) is 102 Å². The first-order valence-electron chi connectivity index (χ1n) is 7.86. The number of benzene rings is 2. The Morgan fingerprint density at radius 2 is 1.85 bits per heavy atom. The van der Waals surface area contributed by atoms with Crippen LogP contribution in [0, 0.1) is 11.3 Å². The highest BCUT2D eigenvalue weighted by molar-refractivity contribution is 7.89. The van der Waals surface area contributed by atoms with Crippen LogP contribution in [0.25, 0.3) is 0 Å². The summed E-state index contributed by atoms with van der Waals surface area (Å²) in [4.78, 5) is 13.9. The number of rotatable bonds is 6. The van der Waals surface area contributed by atoms with Crippen LogP contribution in [0.5, 0.6) is 0 Å². The van der Waals surface area contributed by atoms with Crippen LogP contribution in [-0.2, 0) is 23.1 Å². The third kappa shape index (κ3) is 5.05. The maximum Gasteiger partial charge on any atom is 0.317 e. The summed E-state index contributed by atoms with van der Waals surface area (Å²) in [5.74, 6) is 0. The number of carbonyl (C=O) groups excluding carboxylic acids is 1. The average molecular weight is 372 g/mol. The molecule has 0 atom stereocenters. The number of amides is 2. The van der Waals surface area contributed by atoms with Gasteiger partial charge in [-0.15, -0.1) is 0 Å². The molecule has 0 aliphatic carbocycles. The zero-order chi connectivity index (χ0) is 19.2. The van der Waals surface area contributed by atoms with Gasteiger partial charge in [-0.1, -0.05) is 24.3 Å². The maximum atomic E-state index is 12.2. The summed E-state index contributed by atoms with van der Waals surface area (Å²) in [5, 5.41) is 11.7. The number of carbonyl (C=O) groups is 1. The number of nitrogens with zero attached hydrogens (tertiary/aromatic N) is 2. The Morgan fingerprint density at radius 3 is 2.54 bits per heavy atom. The lowest BCUT2D eigenvalue weighted by atomic mass is 10.1. The molecule has 26 heavy (non-hydrogen) atoms. The van der Waals surface area contributed by atoms with Gasteiger partial charge in [0.15, 0.2) is 0 Å². The van der Waals surface area contributed by atoms with Gasteiger partial charge in [-0.3, -0.25) is 0 Å². The number of hydrogen-bond donors (Lipinski definition) is 2. The van der Waals surface area contributed by atoms with Gasteiger partial charge >= 0.3 is 6.03 Å². The summed E-state index contributed by atoms with van der Waals surface area (Å²) in [6.45, 7) is 0.560. The quantitative estimate of drug-likeness (QED) is 0.807. The molecule has 136 valence electrons. The van der Waals surface area contributed by atoms with Crippen LogP contribution in [0.2, 0.25) is 0 Å². The third-order valence-corrected chi connectivity index (χ3v) is 5.16. The summed E-state index contributed by atoms with van der Waals surface area (Å²) in [7, 11) is -0.526. The van der Waals surface area contributed by atoms with E-state index in [0.717, 1.165) is 5.56 Å². The molecule has 0 fully saturated rings. The highest BCUT2D eigenvalue weighted by atomic mass is 32.2. The van der Waals surface area contributed by atoms with Crippen molar-refractivity contribution >= 4 is 16.1 Å². The van der Waals surface area contributed by atoms with Crippen molar-refractivity contribution in [3.05, 3.63) is 65.2 Å². The minimum absolute atomic E-state index is 0.147. The molecule has 8 heteroatoms. The SMILES string of the molecule is CNS(=O)(=O)c1cccc(CNC(=O)N(C)Cc2cccc(C#N)c2)c1. The Kier molecular flexibility index (Phi) is 6.33. The molecule has 0 saturated carbocycles. The molecule has 0 spiro atoms. The van der Waals surface area contributed by atoms with E-state index in [1.165, 1.54) is 24.1 Å². The highest BCUT2D eigenvalue weighted by Gasteiger charge is 2.13. The van der Waals surface area contributed by atoms with Crippen molar-refractivity contribution in [1.82, 2.24) is 14.9 Å². The summed E-state index contributed by atoms with van der Waals surface area (Å²) < 4.78 is 25.9. The minimum Gasteiger partial charge on any atom is -0.334 e. The molecule has 2 rings (SSSR count). The second kappa shape index (κ2) is 8.47. The Labute approximate surface area is 153 Å². The van der Waals surface area contributed by atoms with Gasteiger partial charge in [0.05, 0.1) is 16.5 Å². The van der Waals surface area contributed by atoms with Crippen LogP contribution >= 0.6 is 0 Å². The van der Waals surface area contributed by atoms with Gasteiger partial charge in [0.2, 0.25) is 10.0 Å². The second-order valence-electron chi connectivity index (χ2n) is 5.68. The van der Waals surface area contributed by atoms with Gasteiger partial charge in [-0.2, -0.15) is 5.26 Å². The van der Waals surface area contributed by atoms with Gasteiger partial charge in [0.25, 0.3) is 0 Å². The summed E-state index contributed by atoms with van der Waals surface area (Å²) in [6, 6.07) is 15.2. The number of sulfonamides is 1. The van der Waals surface area contributed by atoms with Gasteiger partial charge in [-0.05, 0) is 42.4 Å². The number of hydrogen-bond acceptors (Lipinski definition) is 4. The van der Waals surface area contributed by atoms with Crippen molar-refractivity contribution in [3.8, 4) is 6.07 Å². The predicted octanol–water partition coefficient (Wildman–Crippen LogP) is 1.81. The van der Waals surface area contributed by atoms with Gasteiger partial charge in [0, 0.05) is 20.1 Å². The molecule has 0 bridgehead atoms. The number of nitriles is 1. The maximum absolute atomic E-state index is 12.2. The van der Waals surface area contributed by atoms with Crippen LogP contribution in [0.4, 0.5) is 4.79 Å². The molecule has 2 amide bonds. The van der Waals surface area contributed by atoms with E-state index >= 15 is 0 Å². The third-order valence-electron chi connectivity index (χ3n) is 3.74. The summed E-state index contributed by atoms with van der Waals surface area (Å²) in [6.07, 6.45) is 0. The van der Waals surface area contributed by atoms with Crippen LogP contribution in [0.3, 0.4) is 0 Å². The summed E-state index contributed by atoms with van der Waals surface area (Å²) in [5.41, 5.74) is 2.07. The lowest BCUT2D eigenvalue weighted by molar-refractivity contribution is 0.206. The molecule has 2 aromatic carbocycles. The number of urea groups is 1. The van der Waals surface area contributed by atoms with Crippen LogP contribution in [-0.4, -0.2) is 33.4 Å². The predicted molar refractivity (Wildman–Crippen MR) is 97.5 cm³/mol. The Morgan fingerprint density at radius 1 is 1.15 bits per heavy atom. The van der Waals surface area contributed by atoms with E-state index in [4.69, 9.17) is 5.26 Å². The molecule has 0 heterocycles. The smallest absolute Gasteiger partial charge is 0.317 e. The van der Waals surface area contributed by atoms with E-state index < -0.39 is 10.0 Å². The zero-order valence-electron chi connectivity index (χ0n) is 14.6. The fourth-order valence-corrected chi connectivity index (χ4v) is 3.14. The van der Waals surface area contributed by atoms with Crippen molar-refractivity contribution in [2.45, 2.75) is 18.0 Å². The standard InChI is InChI=1S/C18H20N4O3S/c1-20-26(24,25)17-8-4-6-15(10-17)12-21-18(23)22(2)13-16-7-3-5-14(9-16)11-19/h3-10,20H,12-13H2,1-2H3,(H,21,23). The van der Waals surface area contributed by atoms with Crippen molar-refractivity contribution in [3.63, 3.8) is 0 Å². The van der Waals surface area contributed by atoms with E-state index in [9.17, 15) is 13.2 Å². The van der Waals surface area contributed by atoms with Crippen LogP contribution < -0.4 is 10.0 Å². The Bertz CT molecular complexity index is 935. The van der Waals surface area contributed by atoms with Crippen molar-refractivity contribution in [2.75, 3.05) is 14.1 Å². The Balaban J connectivity index is 1.98. The zero-order valence-corrected chi connectivity index (χ0v) is 15.4. The van der Waals surface area contributed by atoms with E-state index in [-0.39, 0.29) is 17.5 Å². The molecule has 0 aliphatic heterocycles. The monoisotopic (exact) mass is 372 g/mol. The van der Waals surface area contributed by atoms with Crippen molar-refractivity contribution in [1.29, 1.82) is 5.26 Å². The average Bonchev–Trinajstić information content (AvgIpc) is 2.66. The van der Waals surface area contributed by atoms with Crippen LogP contribution in [0.15, 0.2) is 53.4 Å². The number of nitrogens with one attached hydrogen (secondary N) is 2. The molecule has 7 nitrogen and oxygen atoms in total. The van der Waals surface area contributed by atoms with E-state index in [0.29, 0.717) is 17.7 Å². The van der Waals surface area contributed by atoms with Gasteiger partial charge in [0.1, 0.15) is 0 Å². The molecule has 2 aromatic rings. The molecule has 0 aromatic heterocycles.